The Morgan fingerprint density at radius 2 is 1.75 bits per heavy atom. The summed E-state index contributed by atoms with van der Waals surface area (Å²) in [6.07, 6.45) is 5.73. The average Bonchev–Trinajstić information content (AvgIpc) is 2.04. The van der Waals surface area contributed by atoms with E-state index in [2.05, 4.69) is 0 Å². The Hall–Kier alpha value is -0.600. The van der Waals surface area contributed by atoms with E-state index in [9.17, 15) is 0 Å². The fraction of sp³-hybridized carbons (Fsp3) is 0.600. The minimum atomic E-state index is 0.120. The normalized spacial score (nSPS) is 13.7. The minimum absolute atomic E-state index is 0.120. The fourth-order valence-corrected chi connectivity index (χ4v) is 0.869. The van der Waals surface area contributed by atoms with Gasteiger partial charge in [0.2, 0.25) is 0 Å². The molecule has 0 aromatic carbocycles. The molecule has 2 nitrogen and oxygen atoms in total. The molecule has 0 saturated carbocycles. The van der Waals surface area contributed by atoms with Crippen LogP contribution in [-0.4, -0.2) is 23.4 Å². The molecule has 2 N–H and O–H groups in total. The summed E-state index contributed by atoms with van der Waals surface area (Å²) in [5.41, 5.74) is 2.20. The van der Waals surface area contributed by atoms with Gasteiger partial charge >= 0.3 is 0 Å². The summed E-state index contributed by atoms with van der Waals surface area (Å²) in [4.78, 5) is 0. The van der Waals surface area contributed by atoms with Gasteiger partial charge in [0.1, 0.15) is 0 Å². The van der Waals surface area contributed by atoms with Crippen molar-refractivity contribution in [2.45, 2.75) is 26.7 Å². The van der Waals surface area contributed by atoms with Gasteiger partial charge in [0.05, 0.1) is 13.2 Å². The Morgan fingerprint density at radius 3 is 2.25 bits per heavy atom. The number of aliphatic hydroxyl groups is 2. The Kier molecular flexibility index (Phi) is 6.72. The van der Waals surface area contributed by atoms with Gasteiger partial charge in [0.25, 0.3) is 0 Å². The molecule has 0 bridgehead atoms. The molecule has 0 radical (unpaired) electrons. The molecule has 70 valence electrons. The van der Waals surface area contributed by atoms with Crippen molar-refractivity contribution in [3.05, 3.63) is 23.3 Å². The summed E-state index contributed by atoms with van der Waals surface area (Å²) in [7, 11) is 0. The predicted octanol–water partition coefficient (Wildman–Crippen LogP) is 1.64. The fourth-order valence-electron chi connectivity index (χ4n) is 0.869. The molecule has 0 unspecified atom stereocenters. The third kappa shape index (κ3) is 6.13. The van der Waals surface area contributed by atoms with Crippen LogP contribution in [0.15, 0.2) is 23.3 Å². The first kappa shape index (κ1) is 11.4. The SMILES string of the molecule is C/C(=C/CC/C(C)=C\CO)CO. The van der Waals surface area contributed by atoms with Gasteiger partial charge in [-0.1, -0.05) is 23.3 Å². The van der Waals surface area contributed by atoms with Crippen LogP contribution in [0.3, 0.4) is 0 Å². The highest BCUT2D eigenvalue weighted by atomic mass is 16.3. The minimum Gasteiger partial charge on any atom is -0.392 e. The van der Waals surface area contributed by atoms with Crippen LogP contribution in [0.4, 0.5) is 0 Å². The van der Waals surface area contributed by atoms with E-state index >= 15 is 0 Å². The van der Waals surface area contributed by atoms with E-state index in [4.69, 9.17) is 10.2 Å². The first-order valence-corrected chi connectivity index (χ1v) is 4.23. The highest BCUT2D eigenvalue weighted by molar-refractivity contribution is 5.03. The monoisotopic (exact) mass is 170 g/mol. The summed E-state index contributed by atoms with van der Waals surface area (Å²) >= 11 is 0. The second-order valence-corrected chi connectivity index (χ2v) is 2.98. The molecule has 0 aliphatic rings. The van der Waals surface area contributed by atoms with Crippen LogP contribution in [0.25, 0.3) is 0 Å². The Morgan fingerprint density at radius 1 is 1.08 bits per heavy atom. The highest BCUT2D eigenvalue weighted by Gasteiger charge is 1.88. The van der Waals surface area contributed by atoms with Gasteiger partial charge in [0, 0.05) is 0 Å². The van der Waals surface area contributed by atoms with Crippen LogP contribution in [0.2, 0.25) is 0 Å². The first-order valence-electron chi connectivity index (χ1n) is 4.23. The second kappa shape index (κ2) is 7.07. The summed E-state index contributed by atoms with van der Waals surface area (Å²) < 4.78 is 0. The van der Waals surface area contributed by atoms with Crippen molar-refractivity contribution in [2.24, 2.45) is 0 Å². The first-order chi connectivity index (χ1) is 5.70. The molecule has 0 rings (SSSR count). The maximum absolute atomic E-state index is 8.68. The summed E-state index contributed by atoms with van der Waals surface area (Å²) in [5.74, 6) is 0. The highest BCUT2D eigenvalue weighted by Crippen LogP contribution is 2.05. The maximum Gasteiger partial charge on any atom is 0.0639 e. The zero-order valence-corrected chi connectivity index (χ0v) is 7.88. The molecule has 0 atom stereocenters. The van der Waals surface area contributed by atoms with Crippen LogP contribution in [0.1, 0.15) is 26.7 Å². The number of rotatable bonds is 5. The van der Waals surface area contributed by atoms with E-state index in [0.717, 1.165) is 18.4 Å². The van der Waals surface area contributed by atoms with Crippen LogP contribution in [0, 0.1) is 0 Å². The van der Waals surface area contributed by atoms with Gasteiger partial charge in [-0.2, -0.15) is 0 Å². The lowest BCUT2D eigenvalue weighted by molar-refractivity contribution is 0.331. The molecule has 0 spiro atoms. The van der Waals surface area contributed by atoms with Crippen molar-refractivity contribution in [1.29, 1.82) is 0 Å². The third-order valence-corrected chi connectivity index (χ3v) is 1.72. The molecule has 0 aliphatic heterocycles. The van der Waals surface area contributed by atoms with E-state index in [0.29, 0.717) is 0 Å². The molecule has 0 aromatic heterocycles. The topological polar surface area (TPSA) is 40.5 Å². The van der Waals surface area contributed by atoms with E-state index in [-0.39, 0.29) is 13.2 Å². The van der Waals surface area contributed by atoms with E-state index < -0.39 is 0 Å². The van der Waals surface area contributed by atoms with Crippen molar-refractivity contribution in [3.63, 3.8) is 0 Å². The Balaban J connectivity index is 3.62. The molecular formula is C10H18O2. The van der Waals surface area contributed by atoms with E-state index in [1.54, 1.807) is 0 Å². The average molecular weight is 170 g/mol. The van der Waals surface area contributed by atoms with E-state index in [1.165, 1.54) is 5.57 Å². The summed E-state index contributed by atoms with van der Waals surface area (Å²) in [5, 5.41) is 17.2. The number of hydrogen-bond donors (Lipinski definition) is 2. The van der Waals surface area contributed by atoms with Crippen molar-refractivity contribution < 1.29 is 10.2 Å². The smallest absolute Gasteiger partial charge is 0.0639 e. The summed E-state index contributed by atoms with van der Waals surface area (Å²) in [6, 6.07) is 0. The van der Waals surface area contributed by atoms with Crippen LogP contribution >= 0.6 is 0 Å². The number of allylic oxidation sites excluding steroid dienone is 2. The molecule has 0 heterocycles. The zero-order valence-electron chi connectivity index (χ0n) is 7.88. The van der Waals surface area contributed by atoms with Gasteiger partial charge < -0.3 is 10.2 Å². The van der Waals surface area contributed by atoms with Crippen molar-refractivity contribution >= 4 is 0 Å². The van der Waals surface area contributed by atoms with Gasteiger partial charge in [-0.3, -0.25) is 0 Å². The molecule has 0 aliphatic carbocycles. The van der Waals surface area contributed by atoms with Gasteiger partial charge in [-0.15, -0.1) is 0 Å². The largest absolute Gasteiger partial charge is 0.392 e. The zero-order chi connectivity index (χ0) is 9.40. The van der Waals surface area contributed by atoms with Gasteiger partial charge in [-0.05, 0) is 26.7 Å². The molecule has 0 aromatic rings. The third-order valence-electron chi connectivity index (χ3n) is 1.72. The molecule has 2 heteroatoms. The van der Waals surface area contributed by atoms with Gasteiger partial charge in [-0.25, -0.2) is 0 Å². The lowest BCUT2D eigenvalue weighted by atomic mass is 10.1. The molecule has 0 saturated heterocycles. The lowest BCUT2D eigenvalue weighted by Crippen LogP contribution is -1.85. The Labute approximate surface area is 74.2 Å². The predicted molar refractivity (Wildman–Crippen MR) is 50.9 cm³/mol. The molecule has 0 amide bonds. The molecule has 12 heavy (non-hydrogen) atoms. The van der Waals surface area contributed by atoms with Crippen LogP contribution < -0.4 is 0 Å². The number of aliphatic hydroxyl groups excluding tert-OH is 2. The quantitative estimate of drug-likeness (QED) is 0.616. The summed E-state index contributed by atoms with van der Waals surface area (Å²) in [6.45, 7) is 4.17. The standard InChI is InChI=1S/C10H18O2/c1-9(6-7-11)4-3-5-10(2)8-12/h5-6,11-12H,3-4,7-8H2,1-2H3/b9-6-,10-5-. The van der Waals surface area contributed by atoms with Crippen molar-refractivity contribution in [2.75, 3.05) is 13.2 Å². The van der Waals surface area contributed by atoms with E-state index in [1.807, 2.05) is 26.0 Å². The molecule has 0 fully saturated rings. The van der Waals surface area contributed by atoms with Gasteiger partial charge in [0.15, 0.2) is 0 Å². The maximum atomic E-state index is 8.68. The lowest BCUT2D eigenvalue weighted by Gasteiger charge is -1.97. The van der Waals surface area contributed by atoms with Crippen LogP contribution in [-0.2, 0) is 0 Å². The Bertz CT molecular complexity index is 169. The second-order valence-electron chi connectivity index (χ2n) is 2.98. The number of hydrogen-bond acceptors (Lipinski definition) is 2. The van der Waals surface area contributed by atoms with Crippen LogP contribution in [0.5, 0.6) is 0 Å². The molecular weight excluding hydrogens is 152 g/mol. The van der Waals surface area contributed by atoms with Crippen molar-refractivity contribution in [3.8, 4) is 0 Å². The van der Waals surface area contributed by atoms with Crippen molar-refractivity contribution in [1.82, 2.24) is 0 Å².